The van der Waals surface area contributed by atoms with Gasteiger partial charge in [-0.3, -0.25) is 0 Å². The number of nitrogens with two attached hydrogens (primary N) is 1. The van der Waals surface area contributed by atoms with Gasteiger partial charge in [-0.2, -0.15) is 0 Å². The van der Waals surface area contributed by atoms with Crippen LogP contribution in [-0.2, 0) is 0 Å². The van der Waals surface area contributed by atoms with E-state index in [0.29, 0.717) is 6.67 Å². The van der Waals surface area contributed by atoms with E-state index in [1.807, 2.05) is 0 Å². The first-order valence-corrected chi connectivity index (χ1v) is 1.26. The fourth-order valence-corrected chi connectivity index (χ4v) is 0. The molecule has 3 N–H and O–H groups in total. The van der Waals surface area contributed by atoms with Crippen molar-refractivity contribution in [2.75, 3.05) is 13.7 Å². The largest absolute Gasteiger partial charge is 0.319 e. The number of hydrogen-bond acceptors (Lipinski definition) is 2. The fourth-order valence-electron chi connectivity index (χ4n) is 0. The van der Waals surface area contributed by atoms with E-state index in [2.05, 4.69) is 5.32 Å². The minimum atomic E-state index is 0. The van der Waals surface area contributed by atoms with E-state index in [1.165, 1.54) is 0 Å². The Morgan fingerprint density at radius 1 is 1.67 bits per heavy atom. The summed E-state index contributed by atoms with van der Waals surface area (Å²) in [6, 6.07) is 0. The summed E-state index contributed by atoms with van der Waals surface area (Å²) in [4.78, 5) is 0. The van der Waals surface area contributed by atoms with Crippen LogP contribution in [0.2, 0.25) is 0 Å². The van der Waals surface area contributed by atoms with Crippen molar-refractivity contribution in [2.24, 2.45) is 5.73 Å². The summed E-state index contributed by atoms with van der Waals surface area (Å²) in [6.07, 6.45) is 0. The van der Waals surface area contributed by atoms with Gasteiger partial charge in [-0.1, -0.05) is 0 Å². The normalized spacial score (nSPS) is 5.00. The minimum absolute atomic E-state index is 0. The molecule has 0 saturated carbocycles. The summed E-state index contributed by atoms with van der Waals surface area (Å²) in [6.45, 7) is 0.569. The maximum Gasteiger partial charge on any atom is 0.0426 e. The van der Waals surface area contributed by atoms with E-state index in [9.17, 15) is 0 Å². The van der Waals surface area contributed by atoms with Gasteiger partial charge in [-0.15, -0.1) is 24.0 Å². The molecule has 0 atom stereocenters. The third kappa shape index (κ3) is 17.6. The SMILES string of the molecule is CNCN.I.[Pb]. The average molecular weight is 395 g/mol. The van der Waals surface area contributed by atoms with Crippen LogP contribution in [0.15, 0.2) is 0 Å². The van der Waals surface area contributed by atoms with E-state index in [-0.39, 0.29) is 51.3 Å². The molecule has 2 nitrogen and oxygen atoms in total. The molecule has 6 heavy (non-hydrogen) atoms. The number of hydrogen-bond donors (Lipinski definition) is 2. The molecule has 4 radical (unpaired) electrons. The zero-order valence-corrected chi connectivity index (χ0v) is 9.91. The van der Waals surface area contributed by atoms with Crippen molar-refractivity contribution in [3.8, 4) is 0 Å². The van der Waals surface area contributed by atoms with Crippen molar-refractivity contribution in [3.05, 3.63) is 0 Å². The van der Waals surface area contributed by atoms with Crippen LogP contribution in [0, 0.1) is 0 Å². The van der Waals surface area contributed by atoms with Gasteiger partial charge in [-0.05, 0) is 7.05 Å². The van der Waals surface area contributed by atoms with Crippen molar-refractivity contribution in [1.29, 1.82) is 0 Å². The van der Waals surface area contributed by atoms with Gasteiger partial charge in [0, 0.05) is 34.0 Å². The fraction of sp³-hybridized carbons (Fsp3) is 1.00. The molecule has 0 aromatic rings. The summed E-state index contributed by atoms with van der Waals surface area (Å²) in [5.74, 6) is 0. The van der Waals surface area contributed by atoms with Crippen LogP contribution in [0.4, 0.5) is 0 Å². The van der Waals surface area contributed by atoms with Gasteiger partial charge in [0.15, 0.2) is 0 Å². The third-order valence-electron chi connectivity index (χ3n) is 0.204. The van der Waals surface area contributed by atoms with E-state index in [1.54, 1.807) is 7.05 Å². The van der Waals surface area contributed by atoms with E-state index < -0.39 is 0 Å². The Labute approximate surface area is 75.4 Å². The Hall–Kier alpha value is 1.57. The van der Waals surface area contributed by atoms with Crippen molar-refractivity contribution in [2.45, 2.75) is 0 Å². The predicted molar refractivity (Wildman–Crippen MR) is 39.3 cm³/mol. The first-order chi connectivity index (χ1) is 1.91. The maximum atomic E-state index is 4.92. The van der Waals surface area contributed by atoms with Crippen LogP contribution in [-0.4, -0.2) is 41.0 Å². The maximum absolute atomic E-state index is 4.92. The molecule has 0 aromatic carbocycles. The van der Waals surface area contributed by atoms with Crippen LogP contribution < -0.4 is 11.1 Å². The van der Waals surface area contributed by atoms with Crippen molar-refractivity contribution in [3.63, 3.8) is 0 Å². The van der Waals surface area contributed by atoms with Gasteiger partial charge in [0.2, 0.25) is 0 Å². The zero-order valence-electron chi connectivity index (χ0n) is 3.69. The van der Waals surface area contributed by atoms with Gasteiger partial charge in [-0.25, -0.2) is 0 Å². The molecule has 0 bridgehead atoms. The zero-order chi connectivity index (χ0) is 3.41. The molecule has 0 amide bonds. The molecule has 0 saturated heterocycles. The topological polar surface area (TPSA) is 38.0 Å². The van der Waals surface area contributed by atoms with Crippen molar-refractivity contribution < 1.29 is 0 Å². The quantitative estimate of drug-likeness (QED) is 0.352. The van der Waals surface area contributed by atoms with Crippen LogP contribution in [0.1, 0.15) is 0 Å². The summed E-state index contributed by atoms with van der Waals surface area (Å²) in [5, 5.41) is 2.71. The first-order valence-electron chi connectivity index (χ1n) is 1.26. The van der Waals surface area contributed by atoms with Gasteiger partial charge < -0.3 is 11.1 Å². The van der Waals surface area contributed by atoms with E-state index in [4.69, 9.17) is 5.73 Å². The second-order valence-electron chi connectivity index (χ2n) is 0.558. The standard InChI is InChI=1S/C2H8N2.HI.Pb/c1-4-2-3;;/h4H,2-3H2,1H3;1H;. The average Bonchev–Trinajstić information content (AvgIpc) is 1.37. The molecule has 0 aromatic heterocycles. The number of halogens is 1. The van der Waals surface area contributed by atoms with Crippen LogP contribution in [0.5, 0.6) is 0 Å². The summed E-state index contributed by atoms with van der Waals surface area (Å²) in [7, 11) is 1.81. The van der Waals surface area contributed by atoms with Crippen LogP contribution in [0.3, 0.4) is 0 Å². The van der Waals surface area contributed by atoms with E-state index >= 15 is 0 Å². The molecule has 0 rings (SSSR count). The second-order valence-corrected chi connectivity index (χ2v) is 0.558. The summed E-state index contributed by atoms with van der Waals surface area (Å²) in [5.41, 5.74) is 4.92. The van der Waals surface area contributed by atoms with Crippen molar-refractivity contribution >= 4 is 51.3 Å². The predicted octanol–water partition coefficient (Wildman–Crippen LogP) is -0.641. The van der Waals surface area contributed by atoms with Gasteiger partial charge in [0.05, 0.1) is 0 Å². The summed E-state index contributed by atoms with van der Waals surface area (Å²) < 4.78 is 0. The molecule has 4 heteroatoms. The molecule has 0 aliphatic carbocycles. The first kappa shape index (κ1) is 15.6. The second kappa shape index (κ2) is 16.0. The Morgan fingerprint density at radius 2 is 1.83 bits per heavy atom. The molecule has 0 spiro atoms. The van der Waals surface area contributed by atoms with Gasteiger partial charge >= 0.3 is 0 Å². The Bertz CT molecular complexity index is 13.5. The molecule has 0 aliphatic heterocycles. The van der Waals surface area contributed by atoms with Crippen LogP contribution in [0.25, 0.3) is 0 Å². The van der Waals surface area contributed by atoms with Crippen molar-refractivity contribution in [1.82, 2.24) is 5.32 Å². The van der Waals surface area contributed by atoms with Crippen LogP contribution >= 0.6 is 24.0 Å². The Kier molecular flexibility index (Phi) is 41.7. The van der Waals surface area contributed by atoms with Gasteiger partial charge in [0.25, 0.3) is 0 Å². The molecule has 0 fully saturated rings. The Balaban J connectivity index is -0.0000000450. The molecule has 0 heterocycles. The summed E-state index contributed by atoms with van der Waals surface area (Å²) >= 11 is 0. The molecular weight excluding hydrogens is 386 g/mol. The van der Waals surface area contributed by atoms with Gasteiger partial charge in [0.1, 0.15) is 0 Å². The molecule has 0 aliphatic rings. The number of rotatable bonds is 1. The third-order valence-corrected chi connectivity index (χ3v) is 0.204. The molecule has 0 unspecified atom stereocenters. The Morgan fingerprint density at radius 3 is 1.83 bits per heavy atom. The van der Waals surface area contributed by atoms with E-state index in [0.717, 1.165) is 0 Å². The number of nitrogens with one attached hydrogen (secondary N) is 1. The monoisotopic (exact) mass is 396 g/mol. The minimum Gasteiger partial charge on any atom is -0.319 e. The smallest absolute Gasteiger partial charge is 0.0426 e. The molecule has 38 valence electrons. The molecular formula is C2H9IN2Pb.